The summed E-state index contributed by atoms with van der Waals surface area (Å²) < 4.78 is 6.24. The van der Waals surface area contributed by atoms with Crippen LogP contribution in [0.2, 0.25) is 0 Å². The zero-order valence-electron chi connectivity index (χ0n) is 10.5. The van der Waals surface area contributed by atoms with Gasteiger partial charge < -0.3 is 9.84 Å². The minimum atomic E-state index is -0.00655. The van der Waals surface area contributed by atoms with Gasteiger partial charge in [0, 0.05) is 0 Å². The molecule has 2 rings (SSSR count). The van der Waals surface area contributed by atoms with E-state index in [1.54, 1.807) is 0 Å². The molecule has 0 radical (unpaired) electrons. The molecule has 1 atom stereocenters. The van der Waals surface area contributed by atoms with E-state index in [1.807, 2.05) is 0 Å². The van der Waals surface area contributed by atoms with E-state index in [1.165, 1.54) is 12.8 Å². The highest BCUT2D eigenvalue weighted by molar-refractivity contribution is 5.12. The van der Waals surface area contributed by atoms with Gasteiger partial charge in [-0.15, -0.1) is 0 Å². The van der Waals surface area contributed by atoms with Crippen molar-refractivity contribution in [3.8, 4) is 0 Å². The number of rotatable bonds is 1. The molecule has 0 aromatic rings. The first kappa shape index (κ1) is 11.4. The van der Waals surface area contributed by atoms with Crippen molar-refractivity contribution in [1.82, 2.24) is 0 Å². The lowest BCUT2D eigenvalue weighted by atomic mass is 9.66. The molecule has 0 aromatic heterocycles. The Bertz CT molecular complexity index is 239. The molecule has 2 aliphatic rings. The van der Waals surface area contributed by atoms with Gasteiger partial charge in [0.2, 0.25) is 0 Å². The third-order valence-electron chi connectivity index (χ3n) is 4.95. The standard InChI is InChI=1S/C13H24O2/c1-11(2)7-8-12(3,4)13(11)6-5-10(9-14)15-13/h10,14H,5-9H2,1-4H3/t10-/m1/s1. The number of ether oxygens (including phenoxy) is 1. The van der Waals surface area contributed by atoms with Crippen molar-refractivity contribution in [3.63, 3.8) is 0 Å². The topological polar surface area (TPSA) is 29.5 Å². The van der Waals surface area contributed by atoms with E-state index in [0.717, 1.165) is 12.8 Å². The highest BCUT2D eigenvalue weighted by atomic mass is 16.5. The van der Waals surface area contributed by atoms with Crippen LogP contribution in [-0.2, 0) is 4.74 Å². The van der Waals surface area contributed by atoms with Crippen LogP contribution in [0.25, 0.3) is 0 Å². The van der Waals surface area contributed by atoms with Crippen molar-refractivity contribution in [2.75, 3.05) is 6.61 Å². The molecule has 0 bridgehead atoms. The summed E-state index contributed by atoms with van der Waals surface area (Å²) in [7, 11) is 0. The van der Waals surface area contributed by atoms with Crippen LogP contribution < -0.4 is 0 Å². The van der Waals surface area contributed by atoms with Crippen molar-refractivity contribution in [2.45, 2.75) is 65.1 Å². The number of aliphatic hydroxyl groups excluding tert-OH is 1. The first-order chi connectivity index (χ1) is 6.85. The predicted molar refractivity (Wildman–Crippen MR) is 60.7 cm³/mol. The molecular weight excluding hydrogens is 188 g/mol. The van der Waals surface area contributed by atoms with Gasteiger partial charge >= 0.3 is 0 Å². The second-order valence-corrected chi connectivity index (χ2v) is 6.56. The molecular formula is C13H24O2. The molecule has 1 N–H and O–H groups in total. The Labute approximate surface area is 93.0 Å². The van der Waals surface area contributed by atoms with Crippen LogP contribution in [-0.4, -0.2) is 23.4 Å². The summed E-state index contributed by atoms with van der Waals surface area (Å²) in [5.74, 6) is 0. The van der Waals surface area contributed by atoms with Gasteiger partial charge in [0.25, 0.3) is 0 Å². The average Bonchev–Trinajstić information content (AvgIpc) is 2.66. The highest BCUT2D eigenvalue weighted by Gasteiger charge is 2.63. The molecule has 2 fully saturated rings. The summed E-state index contributed by atoms with van der Waals surface area (Å²) in [4.78, 5) is 0. The summed E-state index contributed by atoms with van der Waals surface area (Å²) in [6.45, 7) is 9.46. The van der Waals surface area contributed by atoms with E-state index in [-0.39, 0.29) is 29.1 Å². The maximum absolute atomic E-state index is 9.23. The lowest BCUT2D eigenvalue weighted by Crippen LogP contribution is -2.49. The van der Waals surface area contributed by atoms with Gasteiger partial charge in [-0.1, -0.05) is 27.7 Å². The SMILES string of the molecule is CC1(C)CCC(C)(C)C12CC[C@H](CO)O2. The second kappa shape index (κ2) is 3.21. The Balaban J connectivity index is 2.32. The van der Waals surface area contributed by atoms with Crippen molar-refractivity contribution < 1.29 is 9.84 Å². The van der Waals surface area contributed by atoms with Crippen LogP contribution in [0.15, 0.2) is 0 Å². The third-order valence-corrected chi connectivity index (χ3v) is 4.95. The predicted octanol–water partition coefficient (Wildman–Crippen LogP) is 2.74. The van der Waals surface area contributed by atoms with Gasteiger partial charge in [0.05, 0.1) is 18.3 Å². The molecule has 0 aromatic carbocycles. The van der Waals surface area contributed by atoms with E-state index in [0.29, 0.717) is 0 Å². The highest BCUT2D eigenvalue weighted by Crippen LogP contribution is 2.63. The van der Waals surface area contributed by atoms with E-state index in [4.69, 9.17) is 4.74 Å². The van der Waals surface area contributed by atoms with Crippen molar-refractivity contribution in [2.24, 2.45) is 10.8 Å². The number of aliphatic hydroxyl groups is 1. The molecule has 0 unspecified atom stereocenters. The first-order valence-corrected chi connectivity index (χ1v) is 6.13. The quantitative estimate of drug-likeness (QED) is 0.724. The molecule has 2 nitrogen and oxygen atoms in total. The lowest BCUT2D eigenvalue weighted by Gasteiger charge is -2.46. The summed E-state index contributed by atoms with van der Waals surface area (Å²) in [5, 5.41) is 9.23. The Kier molecular flexibility index (Phi) is 2.44. The molecule has 15 heavy (non-hydrogen) atoms. The normalized spacial score (nSPS) is 36.2. The van der Waals surface area contributed by atoms with Crippen LogP contribution in [0.3, 0.4) is 0 Å². The van der Waals surface area contributed by atoms with Crippen molar-refractivity contribution in [3.05, 3.63) is 0 Å². The number of hydrogen-bond donors (Lipinski definition) is 1. The Morgan fingerprint density at radius 2 is 1.60 bits per heavy atom. The molecule has 1 aliphatic carbocycles. The Morgan fingerprint density at radius 3 is 2.00 bits per heavy atom. The molecule has 0 amide bonds. The fourth-order valence-corrected chi connectivity index (χ4v) is 3.84. The van der Waals surface area contributed by atoms with E-state index < -0.39 is 0 Å². The van der Waals surface area contributed by atoms with Crippen molar-refractivity contribution in [1.29, 1.82) is 0 Å². The number of hydrogen-bond acceptors (Lipinski definition) is 2. The zero-order valence-corrected chi connectivity index (χ0v) is 10.5. The summed E-state index contributed by atoms with van der Waals surface area (Å²) in [6.07, 6.45) is 4.67. The fraction of sp³-hybridized carbons (Fsp3) is 1.00. The smallest absolute Gasteiger partial charge is 0.0814 e. The van der Waals surface area contributed by atoms with Crippen LogP contribution in [0.5, 0.6) is 0 Å². The van der Waals surface area contributed by atoms with Gasteiger partial charge in [-0.2, -0.15) is 0 Å². The van der Waals surface area contributed by atoms with Gasteiger partial charge in [0.15, 0.2) is 0 Å². The molecule has 1 saturated heterocycles. The Hall–Kier alpha value is -0.0800. The molecule has 1 aliphatic heterocycles. The largest absolute Gasteiger partial charge is 0.394 e. The summed E-state index contributed by atoms with van der Waals surface area (Å²) in [6, 6.07) is 0. The first-order valence-electron chi connectivity index (χ1n) is 6.13. The van der Waals surface area contributed by atoms with E-state index in [9.17, 15) is 5.11 Å². The summed E-state index contributed by atoms with van der Waals surface area (Å²) in [5.41, 5.74) is 0.494. The van der Waals surface area contributed by atoms with Crippen LogP contribution in [0.4, 0.5) is 0 Å². The van der Waals surface area contributed by atoms with Crippen LogP contribution in [0, 0.1) is 10.8 Å². The van der Waals surface area contributed by atoms with Crippen LogP contribution in [0.1, 0.15) is 53.4 Å². The fourth-order valence-electron chi connectivity index (χ4n) is 3.84. The Morgan fingerprint density at radius 1 is 1.07 bits per heavy atom. The van der Waals surface area contributed by atoms with Crippen LogP contribution >= 0.6 is 0 Å². The van der Waals surface area contributed by atoms with Gasteiger partial charge in [-0.05, 0) is 36.5 Å². The molecule has 1 heterocycles. The maximum atomic E-state index is 9.23. The molecule has 1 spiro atoms. The maximum Gasteiger partial charge on any atom is 0.0814 e. The van der Waals surface area contributed by atoms with E-state index in [2.05, 4.69) is 27.7 Å². The molecule has 88 valence electrons. The van der Waals surface area contributed by atoms with Gasteiger partial charge in [-0.3, -0.25) is 0 Å². The minimum Gasteiger partial charge on any atom is -0.394 e. The van der Waals surface area contributed by atoms with Crippen molar-refractivity contribution >= 4 is 0 Å². The van der Waals surface area contributed by atoms with Gasteiger partial charge in [0.1, 0.15) is 0 Å². The van der Waals surface area contributed by atoms with E-state index >= 15 is 0 Å². The van der Waals surface area contributed by atoms with Gasteiger partial charge in [-0.25, -0.2) is 0 Å². The zero-order chi connectivity index (χ0) is 11.3. The minimum absolute atomic E-state index is 0.00655. The third kappa shape index (κ3) is 1.38. The second-order valence-electron chi connectivity index (χ2n) is 6.56. The lowest BCUT2D eigenvalue weighted by molar-refractivity contribution is -0.156. The molecule has 2 heteroatoms. The monoisotopic (exact) mass is 212 g/mol. The average molecular weight is 212 g/mol. The summed E-state index contributed by atoms with van der Waals surface area (Å²) >= 11 is 0. The molecule has 1 saturated carbocycles.